The summed E-state index contributed by atoms with van der Waals surface area (Å²) in [5.74, 6) is 0. The van der Waals surface area contributed by atoms with Gasteiger partial charge < -0.3 is 5.73 Å². The van der Waals surface area contributed by atoms with Crippen molar-refractivity contribution < 1.29 is 0 Å². The van der Waals surface area contributed by atoms with E-state index in [0.29, 0.717) is 0 Å². The van der Waals surface area contributed by atoms with Crippen LogP contribution in [-0.2, 0) is 0 Å². The van der Waals surface area contributed by atoms with Gasteiger partial charge in [0.15, 0.2) is 0 Å². The molecule has 0 aliphatic heterocycles. The van der Waals surface area contributed by atoms with E-state index in [9.17, 15) is 0 Å². The fraction of sp³-hybridized carbons (Fsp3) is 1.00. The maximum Gasteiger partial charge on any atom is 0.0125 e. The predicted molar refractivity (Wildman–Crippen MR) is 33.2 cm³/mol. The minimum Gasteiger partial charge on any atom is -0.325 e. The molecule has 0 saturated heterocycles. The summed E-state index contributed by atoms with van der Waals surface area (Å²) in [4.78, 5) is 0. The molecule has 1 nitrogen and oxygen atoms in total. The highest BCUT2D eigenvalue weighted by Gasteiger charge is 2.25. The van der Waals surface area contributed by atoms with E-state index in [4.69, 9.17) is 5.73 Å². The highest BCUT2D eigenvalue weighted by atomic mass is 14.7. The van der Waals surface area contributed by atoms with Gasteiger partial charge in [0.2, 0.25) is 0 Å². The Hall–Kier alpha value is -0.0400. The van der Waals surface area contributed by atoms with Gasteiger partial charge in [0.05, 0.1) is 0 Å². The first-order chi connectivity index (χ1) is 2.71. The molecule has 0 amide bonds. The van der Waals surface area contributed by atoms with Crippen LogP contribution < -0.4 is 5.73 Å². The smallest absolute Gasteiger partial charge is 0.0125 e. The van der Waals surface area contributed by atoms with Gasteiger partial charge in [0, 0.05) is 5.54 Å². The monoisotopic (exact) mass is 101 g/mol. The summed E-state index contributed by atoms with van der Waals surface area (Å²) in [6.07, 6.45) is 3.80. The Morgan fingerprint density at radius 1 is 1.43 bits per heavy atom. The van der Waals surface area contributed by atoms with Gasteiger partial charge in [0.25, 0.3) is 0 Å². The lowest BCUT2D eigenvalue weighted by molar-refractivity contribution is 0.277. The molecule has 2 N–H and O–H groups in total. The third-order valence-corrected chi connectivity index (χ3v) is 1.50. The van der Waals surface area contributed by atoms with E-state index in [0.717, 1.165) is 0 Å². The summed E-state index contributed by atoms with van der Waals surface area (Å²) in [5.41, 5.74) is 5.84. The van der Waals surface area contributed by atoms with E-state index >= 15 is 0 Å². The van der Waals surface area contributed by atoms with E-state index in [1.807, 2.05) is 0 Å². The Morgan fingerprint density at radius 2 is 1.71 bits per heavy atom. The fourth-order valence-electron chi connectivity index (χ4n) is 0.734. The first-order valence-corrected chi connectivity index (χ1v) is 2.50. The van der Waals surface area contributed by atoms with Crippen molar-refractivity contribution in [2.45, 2.75) is 39.2 Å². The lowest BCUT2D eigenvalue weighted by Gasteiger charge is -2.33. The van der Waals surface area contributed by atoms with Gasteiger partial charge in [0.1, 0.15) is 0 Å². The van der Waals surface area contributed by atoms with Crippen molar-refractivity contribution in [2.24, 2.45) is 5.73 Å². The molecule has 1 saturated carbocycles. The lowest BCUT2D eigenvalue weighted by atomic mass is 9.80. The Labute approximate surface area is 45.9 Å². The summed E-state index contributed by atoms with van der Waals surface area (Å²) in [7, 11) is 0. The molecule has 1 aliphatic rings. The summed E-state index contributed by atoms with van der Waals surface area (Å²) in [6, 6.07) is 0. The fourth-order valence-corrected chi connectivity index (χ4v) is 0.734. The van der Waals surface area contributed by atoms with Gasteiger partial charge >= 0.3 is 0 Å². The highest BCUT2D eigenvalue weighted by Crippen LogP contribution is 2.27. The average molecular weight is 101 g/mol. The molecule has 7 heavy (non-hydrogen) atoms. The van der Waals surface area contributed by atoms with Crippen LogP contribution in [0.3, 0.4) is 0 Å². The lowest BCUT2D eigenvalue weighted by Crippen LogP contribution is -2.42. The largest absolute Gasteiger partial charge is 0.325 e. The van der Waals surface area contributed by atoms with Crippen LogP contribution in [0.25, 0.3) is 0 Å². The summed E-state index contributed by atoms with van der Waals surface area (Å²) < 4.78 is 0. The Bertz CT molecular complexity index is 51.2. The third-order valence-electron chi connectivity index (χ3n) is 1.50. The highest BCUT2D eigenvalue weighted by molar-refractivity contribution is 4.86. The van der Waals surface area contributed by atoms with Gasteiger partial charge in [-0.15, -0.1) is 0 Å². The molecule has 1 heteroatoms. The van der Waals surface area contributed by atoms with Crippen molar-refractivity contribution in [1.29, 1.82) is 0 Å². The predicted octanol–water partition coefficient (Wildman–Crippen LogP) is 1.52. The van der Waals surface area contributed by atoms with Crippen molar-refractivity contribution in [2.75, 3.05) is 0 Å². The molecular weight excluding hydrogens is 86.1 g/mol. The van der Waals surface area contributed by atoms with Crippen LogP contribution in [0.2, 0.25) is 0 Å². The SMILES string of the molecule is C.CC1(N)CCC1. The van der Waals surface area contributed by atoms with Gasteiger partial charge in [-0.1, -0.05) is 7.43 Å². The molecule has 0 atom stereocenters. The molecule has 0 spiro atoms. The Kier molecular flexibility index (Phi) is 1.82. The number of rotatable bonds is 0. The molecule has 1 fully saturated rings. The quantitative estimate of drug-likeness (QED) is 0.492. The number of hydrogen-bond donors (Lipinski definition) is 1. The number of nitrogens with two attached hydrogens (primary N) is 1. The molecule has 0 heterocycles. The third kappa shape index (κ3) is 1.48. The minimum absolute atomic E-state index is 0. The van der Waals surface area contributed by atoms with Crippen molar-refractivity contribution in [3.8, 4) is 0 Å². The standard InChI is InChI=1S/C5H11N.CH4/c1-5(6)3-2-4-5;/h2-4,6H2,1H3;1H4. The van der Waals surface area contributed by atoms with E-state index in [1.165, 1.54) is 19.3 Å². The molecule has 0 radical (unpaired) electrons. The zero-order chi connectivity index (χ0) is 4.62. The minimum atomic E-state index is 0. The second-order valence-corrected chi connectivity index (χ2v) is 2.51. The van der Waals surface area contributed by atoms with Crippen LogP contribution >= 0.6 is 0 Å². The topological polar surface area (TPSA) is 26.0 Å². The van der Waals surface area contributed by atoms with Crippen LogP contribution in [0.1, 0.15) is 33.6 Å². The summed E-state index contributed by atoms with van der Waals surface area (Å²) >= 11 is 0. The van der Waals surface area contributed by atoms with E-state index in [-0.39, 0.29) is 13.0 Å². The molecule has 0 aromatic heterocycles. The van der Waals surface area contributed by atoms with Gasteiger partial charge in [-0.25, -0.2) is 0 Å². The number of hydrogen-bond acceptors (Lipinski definition) is 1. The zero-order valence-corrected chi connectivity index (χ0v) is 4.20. The Morgan fingerprint density at radius 3 is 1.71 bits per heavy atom. The van der Waals surface area contributed by atoms with Crippen LogP contribution in [0.15, 0.2) is 0 Å². The van der Waals surface area contributed by atoms with Crippen LogP contribution in [0.5, 0.6) is 0 Å². The van der Waals surface area contributed by atoms with E-state index in [1.54, 1.807) is 0 Å². The summed E-state index contributed by atoms with van der Waals surface area (Å²) in [5, 5.41) is 0. The van der Waals surface area contributed by atoms with Crippen LogP contribution in [-0.4, -0.2) is 5.54 Å². The van der Waals surface area contributed by atoms with Crippen molar-refractivity contribution in [3.05, 3.63) is 0 Å². The first kappa shape index (κ1) is 6.96. The average Bonchev–Trinajstić information content (AvgIpc) is 1.32. The zero-order valence-electron chi connectivity index (χ0n) is 4.20. The van der Waals surface area contributed by atoms with Crippen LogP contribution in [0.4, 0.5) is 0 Å². The van der Waals surface area contributed by atoms with E-state index < -0.39 is 0 Å². The van der Waals surface area contributed by atoms with Crippen LogP contribution in [0, 0.1) is 0 Å². The van der Waals surface area contributed by atoms with E-state index in [2.05, 4.69) is 6.92 Å². The van der Waals surface area contributed by atoms with Crippen molar-refractivity contribution in [3.63, 3.8) is 0 Å². The van der Waals surface area contributed by atoms with Crippen molar-refractivity contribution in [1.82, 2.24) is 0 Å². The normalized spacial score (nSPS) is 24.9. The maximum absolute atomic E-state index is 5.62. The second kappa shape index (κ2) is 1.83. The molecule has 1 rings (SSSR count). The Balaban J connectivity index is 0.000000360. The maximum atomic E-state index is 5.62. The van der Waals surface area contributed by atoms with Gasteiger partial charge in [-0.3, -0.25) is 0 Å². The first-order valence-electron chi connectivity index (χ1n) is 2.50. The molecule has 0 unspecified atom stereocenters. The molecule has 0 bridgehead atoms. The molecular formula is C6H15N. The van der Waals surface area contributed by atoms with Gasteiger partial charge in [-0.05, 0) is 26.2 Å². The molecule has 44 valence electrons. The van der Waals surface area contributed by atoms with Crippen molar-refractivity contribution >= 4 is 0 Å². The molecule has 0 aromatic carbocycles. The molecule has 0 aromatic rings. The molecule has 1 aliphatic carbocycles. The second-order valence-electron chi connectivity index (χ2n) is 2.51. The summed E-state index contributed by atoms with van der Waals surface area (Å²) in [6.45, 7) is 2.11. The van der Waals surface area contributed by atoms with Gasteiger partial charge in [-0.2, -0.15) is 0 Å².